The molecule has 1 aromatic carbocycles. The number of H-pyrrole nitrogens is 1. The molecule has 19 heavy (non-hydrogen) atoms. The van der Waals surface area contributed by atoms with Crippen molar-refractivity contribution in [2.45, 2.75) is 19.0 Å². The monoisotopic (exact) mass is 276 g/mol. The van der Waals surface area contributed by atoms with Crippen molar-refractivity contribution in [3.63, 3.8) is 0 Å². The van der Waals surface area contributed by atoms with Crippen LogP contribution in [0.4, 0.5) is 5.69 Å². The fourth-order valence-electron chi connectivity index (χ4n) is 2.47. The zero-order chi connectivity index (χ0) is 13.1. The molecule has 0 saturated carbocycles. The molecular formula is C14H17ClN4. The lowest BCUT2D eigenvalue weighted by molar-refractivity contribution is 0.545. The van der Waals surface area contributed by atoms with Crippen LogP contribution in [0.15, 0.2) is 36.5 Å². The van der Waals surface area contributed by atoms with Crippen LogP contribution >= 0.6 is 11.6 Å². The van der Waals surface area contributed by atoms with Gasteiger partial charge in [0.2, 0.25) is 0 Å². The maximum absolute atomic E-state index is 6.04. The van der Waals surface area contributed by atoms with E-state index in [1.54, 1.807) is 6.20 Å². The molecule has 1 fully saturated rings. The first-order chi connectivity index (χ1) is 9.31. The van der Waals surface area contributed by atoms with Crippen LogP contribution in [0.2, 0.25) is 5.02 Å². The van der Waals surface area contributed by atoms with E-state index in [0.717, 1.165) is 36.8 Å². The summed E-state index contributed by atoms with van der Waals surface area (Å²) in [4.78, 5) is 2.37. The normalized spacial score (nSPS) is 19.0. The van der Waals surface area contributed by atoms with Crippen molar-refractivity contribution in [3.8, 4) is 0 Å². The Bertz CT molecular complexity index is 526. The first-order valence-corrected chi connectivity index (χ1v) is 6.91. The topological polar surface area (TPSA) is 44.0 Å². The summed E-state index contributed by atoms with van der Waals surface area (Å²) in [6.07, 6.45) is 2.94. The van der Waals surface area contributed by atoms with E-state index in [2.05, 4.69) is 26.5 Å². The molecule has 2 aromatic rings. The molecule has 5 heteroatoms. The van der Waals surface area contributed by atoms with Crippen molar-refractivity contribution in [2.24, 2.45) is 0 Å². The van der Waals surface area contributed by atoms with Crippen LogP contribution in [0.1, 0.15) is 12.1 Å². The summed E-state index contributed by atoms with van der Waals surface area (Å²) in [6, 6.07) is 10.6. The van der Waals surface area contributed by atoms with Crippen molar-refractivity contribution >= 4 is 17.3 Å². The second-order valence-electron chi connectivity index (χ2n) is 4.87. The number of rotatable bonds is 4. The zero-order valence-corrected chi connectivity index (χ0v) is 11.4. The lowest BCUT2D eigenvalue weighted by atomic mass is 10.2. The van der Waals surface area contributed by atoms with E-state index in [1.807, 2.05) is 24.3 Å². The highest BCUT2D eigenvalue weighted by Gasteiger charge is 2.22. The number of nitrogens with one attached hydrogen (secondary N) is 2. The van der Waals surface area contributed by atoms with Crippen molar-refractivity contribution in [2.75, 3.05) is 18.0 Å². The van der Waals surface area contributed by atoms with Crippen LogP contribution in [0.25, 0.3) is 0 Å². The van der Waals surface area contributed by atoms with Crippen LogP contribution in [0.5, 0.6) is 0 Å². The summed E-state index contributed by atoms with van der Waals surface area (Å²) < 4.78 is 0. The first-order valence-electron chi connectivity index (χ1n) is 6.53. The molecule has 1 aromatic heterocycles. The largest absolute Gasteiger partial charge is 0.370 e. The van der Waals surface area contributed by atoms with E-state index in [1.165, 1.54) is 5.69 Å². The fourth-order valence-corrected chi connectivity index (χ4v) is 2.66. The van der Waals surface area contributed by atoms with Crippen molar-refractivity contribution in [1.29, 1.82) is 0 Å². The average Bonchev–Trinajstić information content (AvgIpc) is 3.08. The Morgan fingerprint density at radius 3 is 3.16 bits per heavy atom. The van der Waals surface area contributed by atoms with Crippen molar-refractivity contribution in [1.82, 2.24) is 15.5 Å². The van der Waals surface area contributed by atoms with Crippen molar-refractivity contribution in [3.05, 3.63) is 47.2 Å². The molecule has 4 nitrogen and oxygen atoms in total. The number of halogens is 1. The van der Waals surface area contributed by atoms with Crippen LogP contribution in [-0.2, 0) is 6.54 Å². The number of hydrogen-bond acceptors (Lipinski definition) is 3. The number of aromatic amines is 1. The summed E-state index contributed by atoms with van der Waals surface area (Å²) in [6.45, 7) is 2.93. The SMILES string of the molecule is Clc1cccc(N2CC[C@H](NCc3ccn[nH]3)C2)c1. The van der Waals surface area contributed by atoms with Gasteiger partial charge in [-0.2, -0.15) is 5.10 Å². The molecule has 100 valence electrons. The molecule has 0 bridgehead atoms. The number of nitrogens with zero attached hydrogens (tertiary/aromatic N) is 2. The van der Waals surface area contributed by atoms with Gasteiger partial charge in [0, 0.05) is 48.3 Å². The lowest BCUT2D eigenvalue weighted by Gasteiger charge is -2.19. The van der Waals surface area contributed by atoms with Crippen molar-refractivity contribution < 1.29 is 0 Å². The van der Waals surface area contributed by atoms with Gasteiger partial charge >= 0.3 is 0 Å². The molecule has 1 aliphatic rings. The van der Waals surface area contributed by atoms with Gasteiger partial charge in [-0.15, -0.1) is 0 Å². The minimum Gasteiger partial charge on any atom is -0.370 e. The zero-order valence-electron chi connectivity index (χ0n) is 10.6. The maximum atomic E-state index is 6.04. The molecule has 1 atom stereocenters. The Balaban J connectivity index is 1.55. The highest BCUT2D eigenvalue weighted by molar-refractivity contribution is 6.30. The van der Waals surface area contributed by atoms with Gasteiger partial charge in [0.15, 0.2) is 0 Å². The van der Waals surface area contributed by atoms with Gasteiger partial charge in [0.05, 0.1) is 0 Å². The van der Waals surface area contributed by atoms with Crippen LogP contribution in [0.3, 0.4) is 0 Å². The minimum atomic E-state index is 0.516. The first kappa shape index (κ1) is 12.5. The predicted molar refractivity (Wildman–Crippen MR) is 77.5 cm³/mol. The third-order valence-electron chi connectivity index (χ3n) is 3.50. The van der Waals surface area contributed by atoms with Gasteiger partial charge in [-0.05, 0) is 30.7 Å². The van der Waals surface area contributed by atoms with E-state index < -0.39 is 0 Å². The minimum absolute atomic E-state index is 0.516. The number of hydrogen-bond donors (Lipinski definition) is 2. The quantitative estimate of drug-likeness (QED) is 0.901. The van der Waals surface area contributed by atoms with Gasteiger partial charge in [0.25, 0.3) is 0 Å². The number of aromatic nitrogens is 2. The highest BCUT2D eigenvalue weighted by Crippen LogP contribution is 2.23. The lowest BCUT2D eigenvalue weighted by Crippen LogP contribution is -2.32. The Morgan fingerprint density at radius 1 is 1.42 bits per heavy atom. The second-order valence-corrected chi connectivity index (χ2v) is 5.31. The molecule has 0 unspecified atom stereocenters. The molecule has 0 aliphatic carbocycles. The molecule has 2 heterocycles. The predicted octanol–water partition coefficient (Wildman–Crippen LogP) is 2.43. The molecule has 2 N–H and O–H groups in total. The van der Waals surface area contributed by atoms with E-state index >= 15 is 0 Å². The van der Waals surface area contributed by atoms with E-state index in [0.29, 0.717) is 6.04 Å². The highest BCUT2D eigenvalue weighted by atomic mass is 35.5. The Hall–Kier alpha value is -1.52. The molecule has 1 saturated heterocycles. The van der Waals surface area contributed by atoms with Gasteiger partial charge in [0.1, 0.15) is 0 Å². The third-order valence-corrected chi connectivity index (χ3v) is 3.74. The molecular weight excluding hydrogens is 260 g/mol. The number of benzene rings is 1. The smallest absolute Gasteiger partial charge is 0.0490 e. The average molecular weight is 277 g/mol. The van der Waals surface area contributed by atoms with Gasteiger partial charge in [-0.25, -0.2) is 0 Å². The molecule has 0 spiro atoms. The number of anilines is 1. The standard InChI is InChI=1S/C14H17ClN4/c15-11-2-1-3-14(8-11)19-7-5-13(10-19)16-9-12-4-6-17-18-12/h1-4,6,8,13,16H,5,7,9-10H2,(H,17,18)/t13-/m0/s1. The molecule has 1 aliphatic heterocycles. The van der Waals surface area contributed by atoms with Crippen LogP contribution < -0.4 is 10.2 Å². The molecule has 0 radical (unpaired) electrons. The summed E-state index contributed by atoms with van der Waals surface area (Å²) in [5.74, 6) is 0. The second kappa shape index (κ2) is 5.63. The molecule has 0 amide bonds. The van der Waals surface area contributed by atoms with Gasteiger partial charge < -0.3 is 10.2 Å². The van der Waals surface area contributed by atoms with E-state index in [9.17, 15) is 0 Å². The maximum Gasteiger partial charge on any atom is 0.0490 e. The van der Waals surface area contributed by atoms with E-state index in [4.69, 9.17) is 11.6 Å². The third kappa shape index (κ3) is 3.08. The summed E-state index contributed by atoms with van der Waals surface area (Å²) in [5, 5.41) is 11.3. The molecule has 3 rings (SSSR count). The summed E-state index contributed by atoms with van der Waals surface area (Å²) in [5.41, 5.74) is 2.33. The van der Waals surface area contributed by atoms with Crippen LogP contribution in [-0.4, -0.2) is 29.3 Å². The fraction of sp³-hybridized carbons (Fsp3) is 0.357. The van der Waals surface area contributed by atoms with Crippen LogP contribution in [0, 0.1) is 0 Å². The van der Waals surface area contributed by atoms with Gasteiger partial charge in [-0.3, -0.25) is 5.10 Å². The Kier molecular flexibility index (Phi) is 3.71. The van der Waals surface area contributed by atoms with E-state index in [-0.39, 0.29) is 0 Å². The van der Waals surface area contributed by atoms with Gasteiger partial charge in [-0.1, -0.05) is 17.7 Å². The Labute approximate surface area is 117 Å². The summed E-state index contributed by atoms with van der Waals surface area (Å²) >= 11 is 6.04. The Morgan fingerprint density at radius 2 is 2.37 bits per heavy atom. The summed E-state index contributed by atoms with van der Waals surface area (Å²) in [7, 11) is 0.